The first kappa shape index (κ1) is 16.9. The molecule has 3 aromatic carbocycles. The molecule has 3 heteroatoms. The number of hydrogen-bond donors (Lipinski definition) is 1. The summed E-state index contributed by atoms with van der Waals surface area (Å²) < 4.78 is 0. The van der Waals surface area contributed by atoms with E-state index in [2.05, 4.69) is 72.1 Å². The van der Waals surface area contributed by atoms with Crippen LogP contribution in [-0.4, -0.2) is 0 Å². The predicted octanol–water partition coefficient (Wildman–Crippen LogP) is 7.49. The number of benzene rings is 3. The lowest BCUT2D eigenvalue weighted by atomic mass is 9.76. The van der Waals surface area contributed by atoms with Gasteiger partial charge >= 0.3 is 0 Å². The molecule has 0 fully saturated rings. The third kappa shape index (κ3) is 2.86. The van der Waals surface area contributed by atoms with E-state index in [9.17, 15) is 0 Å². The Balaban J connectivity index is 1.66. The summed E-state index contributed by atoms with van der Waals surface area (Å²) in [4.78, 5) is 0. The molecule has 0 aromatic heterocycles. The first-order valence-corrected chi connectivity index (χ1v) is 10.0. The van der Waals surface area contributed by atoms with Gasteiger partial charge in [0.05, 0.1) is 6.04 Å². The molecule has 0 bridgehead atoms. The van der Waals surface area contributed by atoms with Crippen LogP contribution in [0.3, 0.4) is 0 Å². The molecular formula is C24H19Cl2N. The van der Waals surface area contributed by atoms with Crippen LogP contribution < -0.4 is 5.32 Å². The van der Waals surface area contributed by atoms with Crippen LogP contribution in [0, 0.1) is 5.92 Å². The quantitative estimate of drug-likeness (QED) is 0.446. The summed E-state index contributed by atoms with van der Waals surface area (Å²) in [5, 5.41) is 5.24. The van der Waals surface area contributed by atoms with Crippen LogP contribution in [0.1, 0.15) is 29.5 Å². The van der Waals surface area contributed by atoms with Crippen LogP contribution in [0.15, 0.2) is 78.9 Å². The van der Waals surface area contributed by atoms with Crippen LogP contribution in [0.5, 0.6) is 0 Å². The average molecular weight is 392 g/mol. The molecule has 2 aliphatic rings. The monoisotopic (exact) mass is 391 g/mol. The summed E-state index contributed by atoms with van der Waals surface area (Å²) in [6, 6.07) is 23.2. The molecule has 0 spiro atoms. The molecule has 5 rings (SSSR count). The lowest BCUT2D eigenvalue weighted by molar-refractivity contribution is 0.426. The van der Waals surface area contributed by atoms with E-state index in [0.29, 0.717) is 16.9 Å². The second-order valence-corrected chi connectivity index (χ2v) is 8.12. The van der Waals surface area contributed by atoms with Gasteiger partial charge in [-0.3, -0.25) is 0 Å². The Hall–Kier alpha value is -2.22. The Morgan fingerprint density at radius 1 is 0.852 bits per heavy atom. The molecular weight excluding hydrogens is 373 g/mol. The zero-order chi connectivity index (χ0) is 18.4. The van der Waals surface area contributed by atoms with E-state index in [0.717, 1.165) is 17.0 Å². The number of para-hydroxylation sites is 1. The van der Waals surface area contributed by atoms with Gasteiger partial charge in [0.15, 0.2) is 0 Å². The molecule has 27 heavy (non-hydrogen) atoms. The fourth-order valence-electron chi connectivity index (χ4n) is 4.54. The van der Waals surface area contributed by atoms with Crippen molar-refractivity contribution in [1.82, 2.24) is 0 Å². The molecule has 1 N–H and O–H groups in total. The van der Waals surface area contributed by atoms with Gasteiger partial charge in [0, 0.05) is 27.2 Å². The third-order valence-electron chi connectivity index (χ3n) is 5.78. The fourth-order valence-corrected chi connectivity index (χ4v) is 5.07. The van der Waals surface area contributed by atoms with Gasteiger partial charge in [0.2, 0.25) is 0 Å². The van der Waals surface area contributed by atoms with E-state index in [4.69, 9.17) is 23.2 Å². The van der Waals surface area contributed by atoms with Crippen LogP contribution in [0.2, 0.25) is 10.0 Å². The minimum Gasteiger partial charge on any atom is -0.377 e. The standard InChI is InChI=1S/C24H19Cl2N/c25-16-12-13-21(22(26)14-16)24-20-11-5-9-18(20)19-10-4-8-17(23(19)27-24)15-6-2-1-3-7-15/h1-10,12-14,18,20,24,27H,11H2/t18-,20+,24-/m1/s1. The number of hydrogen-bond acceptors (Lipinski definition) is 1. The Bertz CT molecular complexity index is 1030. The molecule has 1 heterocycles. The van der Waals surface area contributed by atoms with E-state index >= 15 is 0 Å². The third-order valence-corrected chi connectivity index (χ3v) is 6.34. The molecule has 3 atom stereocenters. The summed E-state index contributed by atoms with van der Waals surface area (Å²) >= 11 is 12.7. The highest BCUT2D eigenvalue weighted by Gasteiger charge is 2.39. The summed E-state index contributed by atoms with van der Waals surface area (Å²) in [7, 11) is 0. The molecule has 0 saturated heterocycles. The Labute approximate surface area is 169 Å². The van der Waals surface area contributed by atoms with E-state index in [-0.39, 0.29) is 6.04 Å². The van der Waals surface area contributed by atoms with Gasteiger partial charge < -0.3 is 5.32 Å². The van der Waals surface area contributed by atoms with E-state index in [1.165, 1.54) is 22.4 Å². The maximum Gasteiger partial charge on any atom is 0.0568 e. The van der Waals surface area contributed by atoms with Crippen molar-refractivity contribution < 1.29 is 0 Å². The highest BCUT2D eigenvalue weighted by molar-refractivity contribution is 6.35. The molecule has 0 radical (unpaired) electrons. The first-order chi connectivity index (χ1) is 13.2. The predicted molar refractivity (Wildman–Crippen MR) is 115 cm³/mol. The minimum absolute atomic E-state index is 0.159. The smallest absolute Gasteiger partial charge is 0.0568 e. The van der Waals surface area contributed by atoms with Crippen molar-refractivity contribution in [3.63, 3.8) is 0 Å². The van der Waals surface area contributed by atoms with Crippen molar-refractivity contribution in [2.45, 2.75) is 18.4 Å². The molecule has 0 amide bonds. The van der Waals surface area contributed by atoms with Crippen LogP contribution in [0.4, 0.5) is 5.69 Å². The second-order valence-electron chi connectivity index (χ2n) is 7.28. The molecule has 1 aliphatic heterocycles. The van der Waals surface area contributed by atoms with Crippen LogP contribution in [0.25, 0.3) is 11.1 Å². The van der Waals surface area contributed by atoms with Crippen molar-refractivity contribution in [2.75, 3.05) is 5.32 Å². The molecule has 3 aromatic rings. The van der Waals surface area contributed by atoms with Gasteiger partial charge in [-0.1, -0.05) is 90.0 Å². The summed E-state index contributed by atoms with van der Waals surface area (Å²) in [5.41, 5.74) is 6.17. The fraction of sp³-hybridized carbons (Fsp3) is 0.167. The Morgan fingerprint density at radius 3 is 2.52 bits per heavy atom. The first-order valence-electron chi connectivity index (χ1n) is 9.29. The van der Waals surface area contributed by atoms with Crippen molar-refractivity contribution in [3.8, 4) is 11.1 Å². The largest absolute Gasteiger partial charge is 0.377 e. The van der Waals surface area contributed by atoms with Crippen LogP contribution >= 0.6 is 23.2 Å². The SMILES string of the molecule is Clc1ccc([C@@H]2Nc3c(-c4ccccc4)cccc3[C@H]3C=CC[C@@H]32)c(Cl)c1. The summed E-state index contributed by atoms with van der Waals surface area (Å²) in [5.74, 6) is 0.865. The average Bonchev–Trinajstić information content (AvgIpc) is 3.18. The molecule has 134 valence electrons. The van der Waals surface area contributed by atoms with Gasteiger partial charge in [0.25, 0.3) is 0 Å². The topological polar surface area (TPSA) is 12.0 Å². The van der Waals surface area contributed by atoms with E-state index in [1.807, 2.05) is 12.1 Å². The lowest BCUT2D eigenvalue weighted by Gasteiger charge is -2.39. The maximum absolute atomic E-state index is 6.59. The van der Waals surface area contributed by atoms with Crippen molar-refractivity contribution >= 4 is 28.9 Å². The number of halogens is 2. The Morgan fingerprint density at radius 2 is 1.70 bits per heavy atom. The number of allylic oxidation sites excluding steroid dienone is 2. The molecule has 0 saturated carbocycles. The molecule has 1 aliphatic carbocycles. The highest BCUT2D eigenvalue weighted by atomic mass is 35.5. The number of fused-ring (bicyclic) bond motifs is 3. The summed E-state index contributed by atoms with van der Waals surface area (Å²) in [6.07, 6.45) is 5.71. The van der Waals surface area contributed by atoms with Gasteiger partial charge in [-0.05, 0) is 41.2 Å². The highest BCUT2D eigenvalue weighted by Crippen LogP contribution is 2.53. The van der Waals surface area contributed by atoms with Crippen molar-refractivity contribution in [1.29, 1.82) is 0 Å². The van der Waals surface area contributed by atoms with Gasteiger partial charge in [0.1, 0.15) is 0 Å². The zero-order valence-electron chi connectivity index (χ0n) is 14.7. The van der Waals surface area contributed by atoms with Crippen molar-refractivity contribution in [3.05, 3.63) is 100 Å². The van der Waals surface area contributed by atoms with Crippen molar-refractivity contribution in [2.24, 2.45) is 5.92 Å². The summed E-state index contributed by atoms with van der Waals surface area (Å²) in [6.45, 7) is 0. The molecule has 0 unspecified atom stereocenters. The zero-order valence-corrected chi connectivity index (χ0v) is 16.2. The van der Waals surface area contributed by atoms with E-state index in [1.54, 1.807) is 0 Å². The lowest BCUT2D eigenvalue weighted by Crippen LogP contribution is -2.29. The van der Waals surface area contributed by atoms with Gasteiger partial charge in [-0.2, -0.15) is 0 Å². The van der Waals surface area contributed by atoms with E-state index < -0.39 is 0 Å². The number of nitrogens with one attached hydrogen (secondary N) is 1. The minimum atomic E-state index is 0.159. The second kappa shape index (κ2) is 6.74. The molecule has 1 nitrogen and oxygen atoms in total. The maximum atomic E-state index is 6.59. The normalized spacial score (nSPS) is 22.8. The van der Waals surface area contributed by atoms with Gasteiger partial charge in [-0.25, -0.2) is 0 Å². The Kier molecular flexibility index (Phi) is 4.22. The van der Waals surface area contributed by atoms with Crippen LogP contribution in [-0.2, 0) is 0 Å². The number of anilines is 1. The van der Waals surface area contributed by atoms with Gasteiger partial charge in [-0.15, -0.1) is 0 Å². The number of rotatable bonds is 2.